The van der Waals surface area contributed by atoms with Gasteiger partial charge in [0, 0.05) is 13.1 Å². The van der Waals surface area contributed by atoms with E-state index in [1.807, 2.05) is 0 Å². The number of hydrogen-bond donors (Lipinski definition) is 2. The van der Waals surface area contributed by atoms with Gasteiger partial charge in [0.05, 0.1) is 17.8 Å². The first-order chi connectivity index (χ1) is 9.90. The zero-order chi connectivity index (χ0) is 15.8. The Balaban J connectivity index is 2.55. The summed E-state index contributed by atoms with van der Waals surface area (Å²) in [6.07, 6.45) is -1.45. The lowest BCUT2D eigenvalue weighted by molar-refractivity contribution is -0.137. The van der Waals surface area contributed by atoms with Crippen molar-refractivity contribution in [1.29, 1.82) is 0 Å². The standard InChI is InChI=1S/C15H21NO5/c1-11(17)8-16(9-12(2)18)14(19)10-21-15(20)13-6-4-3-5-7-13/h3-7,11-12,17-18H,8-10H2,1-2H3. The zero-order valence-corrected chi connectivity index (χ0v) is 12.2. The predicted octanol–water partition coefficient (Wildman–Crippen LogP) is 0.434. The minimum atomic E-state index is -0.725. The molecule has 2 atom stereocenters. The van der Waals surface area contributed by atoms with E-state index in [4.69, 9.17) is 4.74 Å². The Labute approximate surface area is 124 Å². The maximum Gasteiger partial charge on any atom is 0.338 e. The van der Waals surface area contributed by atoms with Crippen LogP contribution in [0.2, 0.25) is 0 Å². The molecule has 0 bridgehead atoms. The third-order valence-corrected chi connectivity index (χ3v) is 2.66. The lowest BCUT2D eigenvalue weighted by atomic mass is 10.2. The van der Waals surface area contributed by atoms with Crippen molar-refractivity contribution in [3.05, 3.63) is 35.9 Å². The molecular formula is C15H21NO5. The molecular weight excluding hydrogens is 274 g/mol. The van der Waals surface area contributed by atoms with Gasteiger partial charge in [0.2, 0.25) is 0 Å². The van der Waals surface area contributed by atoms with Crippen LogP contribution in [0.4, 0.5) is 0 Å². The molecule has 0 saturated carbocycles. The molecule has 0 heterocycles. The fourth-order valence-electron chi connectivity index (χ4n) is 1.79. The first-order valence-electron chi connectivity index (χ1n) is 6.76. The van der Waals surface area contributed by atoms with Gasteiger partial charge in [0.25, 0.3) is 5.91 Å². The number of carbonyl (C=O) groups excluding carboxylic acids is 2. The summed E-state index contributed by atoms with van der Waals surface area (Å²) in [5, 5.41) is 18.7. The number of hydrogen-bond acceptors (Lipinski definition) is 5. The molecule has 1 amide bonds. The third-order valence-electron chi connectivity index (χ3n) is 2.66. The highest BCUT2D eigenvalue weighted by atomic mass is 16.5. The third kappa shape index (κ3) is 6.37. The number of ether oxygens (including phenoxy) is 1. The van der Waals surface area contributed by atoms with Crippen molar-refractivity contribution >= 4 is 11.9 Å². The number of aliphatic hydroxyl groups is 2. The van der Waals surface area contributed by atoms with Crippen molar-refractivity contribution in [1.82, 2.24) is 4.90 Å². The van der Waals surface area contributed by atoms with Crippen LogP contribution in [0.1, 0.15) is 24.2 Å². The Morgan fingerprint density at radius 1 is 1.10 bits per heavy atom. The summed E-state index contributed by atoms with van der Waals surface area (Å²) in [4.78, 5) is 25.0. The molecule has 1 aromatic carbocycles. The van der Waals surface area contributed by atoms with Crippen LogP contribution in [0.15, 0.2) is 30.3 Å². The predicted molar refractivity (Wildman–Crippen MR) is 76.7 cm³/mol. The molecule has 0 aromatic heterocycles. The number of esters is 1. The second-order valence-electron chi connectivity index (χ2n) is 4.94. The van der Waals surface area contributed by atoms with Crippen LogP contribution in [-0.2, 0) is 9.53 Å². The molecule has 116 valence electrons. The van der Waals surface area contributed by atoms with Crippen molar-refractivity contribution in [2.75, 3.05) is 19.7 Å². The summed E-state index contributed by atoms with van der Waals surface area (Å²) in [6, 6.07) is 8.36. The highest BCUT2D eigenvalue weighted by Gasteiger charge is 2.19. The molecule has 0 radical (unpaired) electrons. The van der Waals surface area contributed by atoms with Gasteiger partial charge in [-0.2, -0.15) is 0 Å². The number of carbonyl (C=O) groups is 2. The number of aliphatic hydroxyl groups excluding tert-OH is 2. The van der Waals surface area contributed by atoms with E-state index >= 15 is 0 Å². The average molecular weight is 295 g/mol. The molecule has 21 heavy (non-hydrogen) atoms. The monoisotopic (exact) mass is 295 g/mol. The Morgan fingerprint density at radius 2 is 1.62 bits per heavy atom. The van der Waals surface area contributed by atoms with Gasteiger partial charge in [-0.3, -0.25) is 4.79 Å². The van der Waals surface area contributed by atoms with Crippen LogP contribution in [0.5, 0.6) is 0 Å². The number of rotatable bonds is 7. The first-order valence-corrected chi connectivity index (χ1v) is 6.76. The van der Waals surface area contributed by atoms with E-state index in [0.717, 1.165) is 0 Å². The van der Waals surface area contributed by atoms with Crippen LogP contribution in [0.3, 0.4) is 0 Å². The van der Waals surface area contributed by atoms with Crippen LogP contribution < -0.4 is 0 Å². The Bertz CT molecular complexity index is 448. The van der Waals surface area contributed by atoms with Crippen molar-refractivity contribution in [3.8, 4) is 0 Å². The summed E-state index contributed by atoms with van der Waals surface area (Å²) in [5.41, 5.74) is 0.364. The second-order valence-corrected chi connectivity index (χ2v) is 4.94. The average Bonchev–Trinajstić information content (AvgIpc) is 2.43. The first kappa shape index (κ1) is 17.1. The van der Waals surface area contributed by atoms with Gasteiger partial charge >= 0.3 is 5.97 Å². The fraction of sp³-hybridized carbons (Fsp3) is 0.467. The molecule has 2 N–H and O–H groups in total. The molecule has 0 aliphatic rings. The van der Waals surface area contributed by atoms with Gasteiger partial charge < -0.3 is 19.8 Å². The molecule has 1 aromatic rings. The number of amides is 1. The van der Waals surface area contributed by atoms with E-state index in [1.165, 1.54) is 18.7 Å². The van der Waals surface area contributed by atoms with Crippen LogP contribution in [0.25, 0.3) is 0 Å². The summed E-state index contributed by atoms with van der Waals surface area (Å²) >= 11 is 0. The van der Waals surface area contributed by atoms with Crippen LogP contribution >= 0.6 is 0 Å². The van der Waals surface area contributed by atoms with Gasteiger partial charge in [-0.05, 0) is 26.0 Å². The van der Waals surface area contributed by atoms with E-state index in [0.29, 0.717) is 5.56 Å². The molecule has 0 aliphatic carbocycles. The van der Waals surface area contributed by atoms with Crippen LogP contribution in [0, 0.1) is 0 Å². The smallest absolute Gasteiger partial charge is 0.338 e. The molecule has 6 nitrogen and oxygen atoms in total. The van der Waals surface area contributed by atoms with E-state index in [-0.39, 0.29) is 13.1 Å². The Hall–Kier alpha value is -1.92. The van der Waals surface area contributed by atoms with E-state index < -0.39 is 30.7 Å². The van der Waals surface area contributed by atoms with Crippen LogP contribution in [-0.4, -0.2) is 58.9 Å². The summed E-state index contributed by atoms with van der Waals surface area (Å²) < 4.78 is 4.94. The lowest BCUT2D eigenvalue weighted by Crippen LogP contribution is -2.42. The summed E-state index contributed by atoms with van der Waals surface area (Å²) in [6.45, 7) is 2.81. The molecule has 0 spiro atoms. The second kappa shape index (κ2) is 8.39. The molecule has 0 aliphatic heterocycles. The van der Waals surface area contributed by atoms with E-state index in [2.05, 4.69) is 0 Å². The SMILES string of the molecule is CC(O)CN(CC(C)O)C(=O)COC(=O)c1ccccc1. The zero-order valence-electron chi connectivity index (χ0n) is 12.2. The largest absolute Gasteiger partial charge is 0.452 e. The Kier molecular flexibility index (Phi) is 6.84. The fourth-order valence-corrected chi connectivity index (χ4v) is 1.79. The quantitative estimate of drug-likeness (QED) is 0.713. The maximum absolute atomic E-state index is 12.0. The molecule has 6 heteroatoms. The molecule has 0 saturated heterocycles. The summed E-state index contributed by atoms with van der Waals surface area (Å²) in [5.74, 6) is -1.04. The molecule has 2 unspecified atom stereocenters. The van der Waals surface area contributed by atoms with Gasteiger partial charge in [-0.1, -0.05) is 18.2 Å². The lowest BCUT2D eigenvalue weighted by Gasteiger charge is -2.25. The minimum Gasteiger partial charge on any atom is -0.452 e. The van der Waals surface area contributed by atoms with Crippen molar-refractivity contribution in [3.63, 3.8) is 0 Å². The normalized spacial score (nSPS) is 13.3. The highest BCUT2D eigenvalue weighted by Crippen LogP contribution is 2.03. The van der Waals surface area contributed by atoms with E-state index in [9.17, 15) is 19.8 Å². The summed E-state index contributed by atoms with van der Waals surface area (Å²) in [7, 11) is 0. The van der Waals surface area contributed by atoms with Crippen molar-refractivity contribution in [2.45, 2.75) is 26.1 Å². The van der Waals surface area contributed by atoms with Gasteiger partial charge in [-0.25, -0.2) is 4.79 Å². The van der Waals surface area contributed by atoms with Crippen molar-refractivity contribution in [2.24, 2.45) is 0 Å². The topological polar surface area (TPSA) is 87.1 Å². The molecule has 0 fully saturated rings. The maximum atomic E-state index is 12.0. The minimum absolute atomic E-state index is 0.0760. The van der Waals surface area contributed by atoms with Gasteiger partial charge in [0.15, 0.2) is 6.61 Å². The van der Waals surface area contributed by atoms with Gasteiger partial charge in [0.1, 0.15) is 0 Å². The Morgan fingerprint density at radius 3 is 2.10 bits per heavy atom. The van der Waals surface area contributed by atoms with E-state index in [1.54, 1.807) is 30.3 Å². The molecule has 1 rings (SSSR count). The van der Waals surface area contributed by atoms with Crippen molar-refractivity contribution < 1.29 is 24.5 Å². The number of nitrogens with zero attached hydrogens (tertiary/aromatic N) is 1. The number of benzene rings is 1. The van der Waals surface area contributed by atoms with Gasteiger partial charge in [-0.15, -0.1) is 0 Å². The highest BCUT2D eigenvalue weighted by molar-refractivity contribution is 5.91.